The second kappa shape index (κ2) is 9.10. The summed E-state index contributed by atoms with van der Waals surface area (Å²) >= 11 is 5.74. The number of carbonyl (C=O) groups excluding carboxylic acids is 3. The van der Waals surface area contributed by atoms with Crippen molar-refractivity contribution in [2.45, 2.75) is 19.8 Å². The number of hydrogen-bond donors (Lipinski definition) is 1. The van der Waals surface area contributed by atoms with Gasteiger partial charge in [-0.05, 0) is 48.9 Å². The van der Waals surface area contributed by atoms with Gasteiger partial charge in [-0.2, -0.15) is 0 Å². The minimum Gasteiger partial charge on any atom is -0.456 e. The molecule has 5 nitrogen and oxygen atoms in total. The van der Waals surface area contributed by atoms with Crippen LogP contribution in [0.5, 0.6) is 0 Å². The van der Waals surface area contributed by atoms with E-state index in [1.807, 2.05) is 0 Å². The fourth-order valence-corrected chi connectivity index (χ4v) is 2.21. The molecule has 136 valence electrons. The van der Waals surface area contributed by atoms with Gasteiger partial charge in [0.25, 0.3) is 5.91 Å². The van der Waals surface area contributed by atoms with Crippen molar-refractivity contribution in [3.05, 3.63) is 64.4 Å². The highest BCUT2D eigenvalue weighted by Crippen LogP contribution is 2.14. The van der Waals surface area contributed by atoms with Gasteiger partial charge in [0.2, 0.25) is 0 Å². The first-order chi connectivity index (χ1) is 12.3. The van der Waals surface area contributed by atoms with E-state index in [0.717, 1.165) is 0 Å². The van der Waals surface area contributed by atoms with Crippen molar-refractivity contribution < 1.29 is 23.5 Å². The summed E-state index contributed by atoms with van der Waals surface area (Å²) in [6, 6.07) is 10.6. The number of nitrogens with one attached hydrogen (secondary N) is 1. The molecule has 7 heteroatoms. The molecule has 0 saturated heterocycles. The van der Waals surface area contributed by atoms with E-state index in [9.17, 15) is 18.8 Å². The number of amides is 1. The average Bonchev–Trinajstić information content (AvgIpc) is 2.61. The zero-order valence-corrected chi connectivity index (χ0v) is 14.8. The predicted molar refractivity (Wildman–Crippen MR) is 95.7 cm³/mol. The van der Waals surface area contributed by atoms with Gasteiger partial charge in [0.05, 0.1) is 6.42 Å². The molecule has 0 aliphatic rings. The minimum absolute atomic E-state index is 0.0365. The lowest BCUT2D eigenvalue weighted by Gasteiger charge is -2.07. The number of aryl methyl sites for hydroxylation is 1. The number of ether oxygens (including phenoxy) is 1. The number of anilines is 1. The van der Waals surface area contributed by atoms with Gasteiger partial charge in [-0.25, -0.2) is 4.39 Å². The number of rotatable bonds is 7. The molecule has 0 aliphatic heterocycles. The molecule has 26 heavy (non-hydrogen) atoms. The summed E-state index contributed by atoms with van der Waals surface area (Å²) in [4.78, 5) is 35.3. The fourth-order valence-electron chi connectivity index (χ4n) is 2.08. The van der Waals surface area contributed by atoms with Crippen molar-refractivity contribution in [2.24, 2.45) is 0 Å². The first-order valence-corrected chi connectivity index (χ1v) is 8.23. The first-order valence-electron chi connectivity index (χ1n) is 7.85. The van der Waals surface area contributed by atoms with Gasteiger partial charge >= 0.3 is 5.97 Å². The third-order valence-corrected chi connectivity index (χ3v) is 3.79. The van der Waals surface area contributed by atoms with Gasteiger partial charge in [-0.3, -0.25) is 14.4 Å². The van der Waals surface area contributed by atoms with E-state index < -0.39 is 24.3 Å². The van der Waals surface area contributed by atoms with Crippen LogP contribution in [0.2, 0.25) is 5.02 Å². The maximum absolute atomic E-state index is 13.4. The predicted octanol–water partition coefficient (Wildman–Crippen LogP) is 3.93. The van der Waals surface area contributed by atoms with Crippen molar-refractivity contribution in [2.75, 3.05) is 11.9 Å². The molecule has 0 unspecified atom stereocenters. The molecule has 0 bridgehead atoms. The zero-order valence-electron chi connectivity index (χ0n) is 14.1. The lowest BCUT2D eigenvalue weighted by atomic mass is 10.1. The van der Waals surface area contributed by atoms with E-state index in [4.69, 9.17) is 16.3 Å². The number of ketones is 1. The lowest BCUT2D eigenvalue weighted by Crippen LogP contribution is -2.21. The van der Waals surface area contributed by atoms with Crippen LogP contribution in [0.3, 0.4) is 0 Å². The maximum Gasteiger partial charge on any atom is 0.306 e. The topological polar surface area (TPSA) is 72.5 Å². The average molecular weight is 378 g/mol. The molecule has 0 fully saturated rings. The molecule has 1 amide bonds. The third kappa shape index (κ3) is 5.97. The van der Waals surface area contributed by atoms with Crippen molar-refractivity contribution in [1.82, 2.24) is 0 Å². The molecule has 0 saturated carbocycles. The Labute approximate surface area is 155 Å². The van der Waals surface area contributed by atoms with Crippen LogP contribution >= 0.6 is 11.6 Å². The number of benzene rings is 2. The van der Waals surface area contributed by atoms with E-state index >= 15 is 0 Å². The van der Waals surface area contributed by atoms with Gasteiger partial charge < -0.3 is 10.1 Å². The molecule has 0 aromatic heterocycles. The minimum atomic E-state index is -0.669. The monoisotopic (exact) mass is 377 g/mol. The van der Waals surface area contributed by atoms with Gasteiger partial charge in [-0.1, -0.05) is 17.7 Å². The number of carbonyl (C=O) groups is 3. The van der Waals surface area contributed by atoms with Crippen molar-refractivity contribution in [3.63, 3.8) is 0 Å². The van der Waals surface area contributed by atoms with Crippen LogP contribution < -0.4 is 5.32 Å². The van der Waals surface area contributed by atoms with Gasteiger partial charge in [0.1, 0.15) is 5.82 Å². The molecule has 0 heterocycles. The fraction of sp³-hybridized carbons (Fsp3) is 0.211. The molecule has 0 spiro atoms. The molecule has 0 aliphatic carbocycles. The highest BCUT2D eigenvalue weighted by Gasteiger charge is 2.12. The first kappa shape index (κ1) is 19.6. The third-order valence-electron chi connectivity index (χ3n) is 3.54. The summed E-state index contributed by atoms with van der Waals surface area (Å²) < 4.78 is 18.2. The van der Waals surface area contributed by atoms with Gasteiger partial charge in [0, 0.05) is 22.7 Å². The van der Waals surface area contributed by atoms with Crippen molar-refractivity contribution in [1.29, 1.82) is 0 Å². The summed E-state index contributed by atoms with van der Waals surface area (Å²) in [5.74, 6) is -1.93. The number of esters is 1. The van der Waals surface area contributed by atoms with Crippen LogP contribution in [0, 0.1) is 12.7 Å². The van der Waals surface area contributed by atoms with Crippen LogP contribution in [-0.4, -0.2) is 24.3 Å². The van der Waals surface area contributed by atoms with Crippen LogP contribution in [0.1, 0.15) is 28.8 Å². The van der Waals surface area contributed by atoms with Crippen molar-refractivity contribution >= 4 is 34.9 Å². The summed E-state index contributed by atoms with van der Waals surface area (Å²) in [5.41, 5.74) is 1.17. The Kier molecular flexibility index (Phi) is 6.86. The van der Waals surface area contributed by atoms with E-state index in [-0.39, 0.29) is 24.3 Å². The molecule has 2 aromatic rings. The maximum atomic E-state index is 13.4. The quantitative estimate of drug-likeness (QED) is 0.586. The van der Waals surface area contributed by atoms with E-state index in [1.54, 1.807) is 37.3 Å². The van der Waals surface area contributed by atoms with Crippen LogP contribution in [0.15, 0.2) is 42.5 Å². The van der Waals surface area contributed by atoms with Gasteiger partial charge in [-0.15, -0.1) is 0 Å². The summed E-state index contributed by atoms with van der Waals surface area (Å²) in [5, 5.41) is 2.94. The van der Waals surface area contributed by atoms with Crippen LogP contribution in [0.25, 0.3) is 0 Å². The molecule has 0 radical (unpaired) electrons. The summed E-state index contributed by atoms with van der Waals surface area (Å²) in [6.07, 6.45) is -0.181. The molecule has 2 aromatic carbocycles. The second-order valence-corrected chi connectivity index (χ2v) is 6.04. The smallest absolute Gasteiger partial charge is 0.306 e. The zero-order chi connectivity index (χ0) is 19.1. The number of halogens is 2. The second-order valence-electron chi connectivity index (χ2n) is 5.60. The summed E-state index contributed by atoms with van der Waals surface area (Å²) in [7, 11) is 0. The number of hydrogen-bond acceptors (Lipinski definition) is 4. The number of Topliss-reactive ketones (excluding diaryl/α,β-unsaturated/α-hetero) is 1. The Bertz CT molecular complexity index is 821. The normalized spacial score (nSPS) is 10.3. The van der Waals surface area contributed by atoms with E-state index in [0.29, 0.717) is 16.1 Å². The summed E-state index contributed by atoms with van der Waals surface area (Å²) in [6.45, 7) is 1.09. The Morgan fingerprint density at radius 2 is 1.77 bits per heavy atom. The Morgan fingerprint density at radius 1 is 1.08 bits per heavy atom. The largest absolute Gasteiger partial charge is 0.456 e. The highest BCUT2D eigenvalue weighted by molar-refractivity contribution is 6.30. The molecule has 0 atom stereocenters. The standard InChI is InChI=1S/C19H17ClFNO4/c1-12-2-7-15(10-16(12)21)22-18(24)11-26-19(25)9-8-17(23)13-3-5-14(20)6-4-13/h2-7,10H,8-9,11H2,1H3,(H,22,24). The van der Waals surface area contributed by atoms with E-state index in [2.05, 4.69) is 5.32 Å². The van der Waals surface area contributed by atoms with Crippen LogP contribution in [-0.2, 0) is 14.3 Å². The van der Waals surface area contributed by atoms with Gasteiger partial charge in [0.15, 0.2) is 12.4 Å². The van der Waals surface area contributed by atoms with Crippen molar-refractivity contribution in [3.8, 4) is 0 Å². The van der Waals surface area contributed by atoms with Crippen LogP contribution in [0.4, 0.5) is 10.1 Å². The molecular formula is C19H17ClFNO4. The lowest BCUT2D eigenvalue weighted by molar-refractivity contribution is -0.147. The Hall–Kier alpha value is -2.73. The molecule has 2 rings (SSSR count). The molecular weight excluding hydrogens is 361 g/mol. The SMILES string of the molecule is Cc1ccc(NC(=O)COC(=O)CCC(=O)c2ccc(Cl)cc2)cc1F. The highest BCUT2D eigenvalue weighted by atomic mass is 35.5. The molecule has 1 N–H and O–H groups in total. The Balaban J connectivity index is 1.73. The Morgan fingerprint density at radius 3 is 2.42 bits per heavy atom. The van der Waals surface area contributed by atoms with E-state index in [1.165, 1.54) is 12.1 Å².